The van der Waals surface area contributed by atoms with Gasteiger partial charge in [0.1, 0.15) is 0 Å². The van der Waals surface area contributed by atoms with Crippen molar-refractivity contribution < 1.29 is 25.2 Å². The Labute approximate surface area is 129 Å². The molecule has 0 saturated carbocycles. The van der Waals surface area contributed by atoms with Gasteiger partial charge in [-0.05, 0) is 19.3 Å². The molecule has 0 unspecified atom stereocenters. The Morgan fingerprint density at radius 3 is 1.33 bits per heavy atom. The van der Waals surface area contributed by atoms with Crippen molar-refractivity contribution in [2.45, 2.75) is 58.8 Å². The number of hydrogen-bond donors (Lipinski definition) is 0. The van der Waals surface area contributed by atoms with Gasteiger partial charge in [-0.15, -0.1) is 0 Å². The summed E-state index contributed by atoms with van der Waals surface area (Å²) in [4.78, 5) is 0. The van der Waals surface area contributed by atoms with Crippen LogP contribution in [0, 0.1) is 0 Å². The summed E-state index contributed by atoms with van der Waals surface area (Å²) in [5.74, 6) is -0.590. The van der Waals surface area contributed by atoms with Crippen LogP contribution >= 0.6 is 0 Å². The van der Waals surface area contributed by atoms with E-state index in [9.17, 15) is 16.8 Å². The van der Waals surface area contributed by atoms with E-state index in [1.165, 1.54) is 0 Å². The molecule has 0 atom stereocenters. The van der Waals surface area contributed by atoms with E-state index in [2.05, 4.69) is 0 Å². The Bertz CT molecular complexity index is 399. The maximum atomic E-state index is 11.5. The van der Waals surface area contributed by atoms with Crippen LogP contribution in [-0.4, -0.2) is 41.6 Å². The van der Waals surface area contributed by atoms with Crippen molar-refractivity contribution in [3.8, 4) is 0 Å². The van der Waals surface area contributed by atoms with Crippen LogP contribution in [0.3, 0.4) is 0 Å². The molecule has 0 rings (SSSR count). The van der Waals surface area contributed by atoms with Crippen molar-refractivity contribution in [1.82, 2.24) is 0 Å². The highest BCUT2D eigenvalue weighted by molar-refractivity contribution is 7.87. The molecule has 0 amide bonds. The van der Waals surface area contributed by atoms with E-state index >= 15 is 0 Å². The van der Waals surface area contributed by atoms with Gasteiger partial charge in [-0.25, -0.2) is 0 Å². The van der Waals surface area contributed by atoms with Crippen molar-refractivity contribution in [2.75, 3.05) is 24.7 Å². The van der Waals surface area contributed by atoms with E-state index in [-0.39, 0.29) is 31.1 Å². The second-order valence-corrected chi connectivity index (χ2v) is 8.45. The van der Waals surface area contributed by atoms with Crippen LogP contribution in [0.4, 0.5) is 0 Å². The summed E-state index contributed by atoms with van der Waals surface area (Å²) in [5.41, 5.74) is 0. The summed E-state index contributed by atoms with van der Waals surface area (Å²) in [6.45, 7) is 4.35. The van der Waals surface area contributed by atoms with Crippen LogP contribution in [0.5, 0.6) is 0 Å². The number of unbranched alkanes of at least 4 members (excludes halogenated alkanes) is 4. The first-order chi connectivity index (χ1) is 9.83. The molecule has 0 aromatic carbocycles. The predicted octanol–water partition coefficient (Wildman–Crippen LogP) is 2.45. The predicted molar refractivity (Wildman–Crippen MR) is 83.1 cm³/mol. The highest BCUT2D eigenvalue weighted by atomic mass is 32.2. The Morgan fingerprint density at radius 2 is 1.00 bits per heavy atom. The minimum atomic E-state index is -3.63. The topological polar surface area (TPSA) is 86.7 Å². The van der Waals surface area contributed by atoms with Gasteiger partial charge >= 0.3 is 0 Å². The van der Waals surface area contributed by atoms with E-state index in [1.54, 1.807) is 0 Å². The molecule has 0 aliphatic carbocycles. The molecule has 128 valence electrons. The molecule has 8 heteroatoms. The van der Waals surface area contributed by atoms with Gasteiger partial charge in [-0.2, -0.15) is 16.8 Å². The monoisotopic (exact) mass is 344 g/mol. The van der Waals surface area contributed by atoms with Gasteiger partial charge in [0.2, 0.25) is 0 Å². The molecule has 0 N–H and O–H groups in total. The van der Waals surface area contributed by atoms with Crippen LogP contribution in [-0.2, 0) is 28.6 Å². The Hall–Kier alpha value is -0.180. The zero-order valence-electron chi connectivity index (χ0n) is 13.0. The first-order valence-electron chi connectivity index (χ1n) is 7.57. The third-order valence-electron chi connectivity index (χ3n) is 2.81. The molecule has 0 radical (unpaired) electrons. The van der Waals surface area contributed by atoms with E-state index < -0.39 is 20.2 Å². The SMILES string of the molecule is CCCCCOS(=O)(=O)CCCS(=O)(=O)OCCCCC. The zero-order valence-corrected chi connectivity index (χ0v) is 14.7. The van der Waals surface area contributed by atoms with E-state index in [0.717, 1.165) is 25.7 Å². The first kappa shape index (κ1) is 20.8. The van der Waals surface area contributed by atoms with Crippen molar-refractivity contribution in [3.05, 3.63) is 0 Å². The molecule has 0 saturated heterocycles. The van der Waals surface area contributed by atoms with Crippen LogP contribution in [0.2, 0.25) is 0 Å². The number of rotatable bonds is 14. The minimum absolute atomic E-state index is 0.00772. The van der Waals surface area contributed by atoms with Crippen molar-refractivity contribution >= 4 is 20.2 Å². The van der Waals surface area contributed by atoms with Crippen LogP contribution in [0.25, 0.3) is 0 Å². The normalized spacial score (nSPS) is 12.7. The summed E-state index contributed by atoms with van der Waals surface area (Å²) in [6, 6.07) is 0. The average molecular weight is 344 g/mol. The lowest BCUT2D eigenvalue weighted by atomic mass is 10.3. The van der Waals surface area contributed by atoms with Gasteiger partial charge in [-0.3, -0.25) is 8.37 Å². The van der Waals surface area contributed by atoms with Crippen LogP contribution in [0.1, 0.15) is 58.8 Å². The third kappa shape index (κ3) is 13.2. The lowest BCUT2D eigenvalue weighted by Gasteiger charge is -2.07. The molecule has 0 aliphatic heterocycles. The molecule has 0 bridgehead atoms. The van der Waals surface area contributed by atoms with Crippen molar-refractivity contribution in [1.29, 1.82) is 0 Å². The summed E-state index contributed by atoms with van der Waals surface area (Å²) in [7, 11) is -7.27. The molecule has 0 spiro atoms. The lowest BCUT2D eigenvalue weighted by molar-refractivity contribution is 0.305. The molecule has 0 aromatic heterocycles. The fraction of sp³-hybridized carbons (Fsp3) is 1.00. The Balaban J connectivity index is 3.89. The van der Waals surface area contributed by atoms with Gasteiger partial charge in [0, 0.05) is 0 Å². The quantitative estimate of drug-likeness (QED) is 0.355. The van der Waals surface area contributed by atoms with Crippen LogP contribution < -0.4 is 0 Å². The molecular formula is C13H28O6S2. The third-order valence-corrected chi connectivity index (χ3v) is 5.44. The summed E-state index contributed by atoms with van der Waals surface area (Å²) in [5, 5.41) is 0. The first-order valence-corrected chi connectivity index (χ1v) is 10.7. The molecule has 21 heavy (non-hydrogen) atoms. The second kappa shape index (κ2) is 11.4. The molecule has 0 aromatic rings. The van der Waals surface area contributed by atoms with Crippen LogP contribution in [0.15, 0.2) is 0 Å². The number of hydrogen-bond acceptors (Lipinski definition) is 6. The highest BCUT2D eigenvalue weighted by Gasteiger charge is 2.16. The zero-order chi connectivity index (χ0) is 16.2. The van der Waals surface area contributed by atoms with Crippen molar-refractivity contribution in [2.24, 2.45) is 0 Å². The van der Waals surface area contributed by atoms with Crippen molar-refractivity contribution in [3.63, 3.8) is 0 Å². The fourth-order valence-corrected chi connectivity index (χ4v) is 3.76. The standard InChI is InChI=1S/C13H28O6S2/c1-3-5-7-10-18-20(14,15)12-9-13-21(16,17)19-11-8-6-4-2/h3-13H2,1-2H3. The summed E-state index contributed by atoms with van der Waals surface area (Å²) < 4.78 is 55.7. The smallest absolute Gasteiger partial charge is 0.267 e. The maximum absolute atomic E-state index is 11.5. The Morgan fingerprint density at radius 1 is 0.619 bits per heavy atom. The van der Waals surface area contributed by atoms with E-state index in [1.807, 2.05) is 13.8 Å². The van der Waals surface area contributed by atoms with Gasteiger partial charge in [-0.1, -0.05) is 39.5 Å². The van der Waals surface area contributed by atoms with Gasteiger partial charge in [0.05, 0.1) is 24.7 Å². The fourth-order valence-electron chi connectivity index (χ4n) is 1.61. The molecule has 0 fully saturated rings. The molecule has 0 heterocycles. The summed E-state index contributed by atoms with van der Waals surface area (Å²) in [6.07, 6.45) is 5.16. The van der Waals surface area contributed by atoms with Gasteiger partial charge in [0.25, 0.3) is 20.2 Å². The molecular weight excluding hydrogens is 316 g/mol. The largest absolute Gasteiger partial charge is 0.270 e. The van der Waals surface area contributed by atoms with E-state index in [0.29, 0.717) is 12.8 Å². The Kier molecular flexibility index (Phi) is 11.3. The minimum Gasteiger partial charge on any atom is -0.270 e. The van der Waals surface area contributed by atoms with Gasteiger partial charge in [0.15, 0.2) is 0 Å². The molecule has 6 nitrogen and oxygen atoms in total. The summed E-state index contributed by atoms with van der Waals surface area (Å²) >= 11 is 0. The molecule has 0 aliphatic rings. The van der Waals surface area contributed by atoms with E-state index in [4.69, 9.17) is 8.37 Å². The lowest BCUT2D eigenvalue weighted by Crippen LogP contribution is -2.17. The second-order valence-electron chi connectivity index (χ2n) is 4.94. The average Bonchev–Trinajstić information content (AvgIpc) is 2.39. The maximum Gasteiger partial charge on any atom is 0.267 e. The van der Waals surface area contributed by atoms with Gasteiger partial charge < -0.3 is 0 Å². The highest BCUT2D eigenvalue weighted by Crippen LogP contribution is 2.05.